The van der Waals surface area contributed by atoms with Crippen LogP contribution in [0.4, 0.5) is 11.4 Å². The topological polar surface area (TPSA) is 71.2 Å². The highest BCUT2D eigenvalue weighted by atomic mass is 16.3. The quantitative estimate of drug-likeness (QED) is 0.749. The molecule has 0 aliphatic heterocycles. The molecule has 0 fully saturated rings. The Bertz CT molecular complexity index is 590. The van der Waals surface area contributed by atoms with Crippen LogP contribution in [0.15, 0.2) is 30.6 Å². The molecule has 2 aromatic rings. The second-order valence-corrected chi connectivity index (χ2v) is 6.20. The standard InChI is InChI=1S/C16H23N3O/c1-16(2,3)15(7-9-20)19-14-5-4-13(17)12-10-18-8-6-11(12)14/h4-6,8,10,15,19-20H,7,9,17H2,1-3H3. The number of benzene rings is 1. The lowest BCUT2D eigenvalue weighted by atomic mass is 9.84. The number of nitrogens with two attached hydrogens (primary N) is 1. The van der Waals surface area contributed by atoms with Gasteiger partial charge >= 0.3 is 0 Å². The van der Waals surface area contributed by atoms with E-state index >= 15 is 0 Å². The number of pyridine rings is 1. The summed E-state index contributed by atoms with van der Waals surface area (Å²) in [5, 5.41) is 14.8. The van der Waals surface area contributed by atoms with E-state index in [-0.39, 0.29) is 18.1 Å². The van der Waals surface area contributed by atoms with Crippen molar-refractivity contribution in [3.05, 3.63) is 30.6 Å². The monoisotopic (exact) mass is 273 g/mol. The lowest BCUT2D eigenvalue weighted by Gasteiger charge is -2.32. The fourth-order valence-corrected chi connectivity index (χ4v) is 2.38. The van der Waals surface area contributed by atoms with E-state index in [1.807, 2.05) is 18.2 Å². The number of aromatic nitrogens is 1. The highest BCUT2D eigenvalue weighted by Crippen LogP contribution is 2.31. The van der Waals surface area contributed by atoms with Gasteiger partial charge in [-0.3, -0.25) is 4.98 Å². The lowest BCUT2D eigenvalue weighted by Crippen LogP contribution is -2.34. The van der Waals surface area contributed by atoms with Crippen LogP contribution in [0.1, 0.15) is 27.2 Å². The maximum absolute atomic E-state index is 9.27. The molecule has 1 aromatic carbocycles. The molecular formula is C16H23N3O. The summed E-state index contributed by atoms with van der Waals surface area (Å²) in [5.74, 6) is 0. The highest BCUT2D eigenvalue weighted by molar-refractivity contribution is 6.00. The molecule has 4 N–H and O–H groups in total. The molecule has 1 unspecified atom stereocenters. The maximum Gasteiger partial charge on any atom is 0.0450 e. The molecule has 1 atom stereocenters. The number of fused-ring (bicyclic) bond motifs is 1. The molecule has 20 heavy (non-hydrogen) atoms. The summed E-state index contributed by atoms with van der Waals surface area (Å²) in [5.41, 5.74) is 7.81. The minimum absolute atomic E-state index is 0.0590. The number of nitrogen functional groups attached to an aromatic ring is 1. The van der Waals surface area contributed by atoms with E-state index in [1.165, 1.54) is 0 Å². The van der Waals surface area contributed by atoms with Gasteiger partial charge in [0.15, 0.2) is 0 Å². The predicted octanol–water partition coefficient (Wildman–Crippen LogP) is 3.03. The second-order valence-electron chi connectivity index (χ2n) is 6.20. The number of hydrogen-bond donors (Lipinski definition) is 3. The molecule has 4 heteroatoms. The smallest absolute Gasteiger partial charge is 0.0450 e. The van der Waals surface area contributed by atoms with Crippen molar-refractivity contribution >= 4 is 22.1 Å². The van der Waals surface area contributed by atoms with E-state index in [9.17, 15) is 5.11 Å². The van der Waals surface area contributed by atoms with Crippen LogP contribution < -0.4 is 11.1 Å². The van der Waals surface area contributed by atoms with Gasteiger partial charge in [0, 0.05) is 47.2 Å². The Morgan fingerprint density at radius 1 is 1.25 bits per heavy atom. The fourth-order valence-electron chi connectivity index (χ4n) is 2.38. The first-order chi connectivity index (χ1) is 9.43. The molecular weight excluding hydrogens is 250 g/mol. The molecule has 0 aliphatic rings. The summed E-state index contributed by atoms with van der Waals surface area (Å²) in [6.07, 6.45) is 4.26. The molecule has 0 saturated carbocycles. The minimum Gasteiger partial charge on any atom is -0.398 e. The van der Waals surface area contributed by atoms with E-state index in [1.54, 1.807) is 12.4 Å². The number of aliphatic hydroxyl groups is 1. The molecule has 0 spiro atoms. The Morgan fingerprint density at radius 2 is 2.00 bits per heavy atom. The van der Waals surface area contributed by atoms with Crippen molar-refractivity contribution in [3.8, 4) is 0 Å². The molecule has 2 rings (SSSR count). The van der Waals surface area contributed by atoms with Gasteiger partial charge in [-0.15, -0.1) is 0 Å². The van der Waals surface area contributed by atoms with Crippen molar-refractivity contribution in [3.63, 3.8) is 0 Å². The molecule has 1 aromatic heterocycles. The van der Waals surface area contributed by atoms with E-state index in [2.05, 4.69) is 31.1 Å². The van der Waals surface area contributed by atoms with Gasteiger partial charge in [0.05, 0.1) is 0 Å². The van der Waals surface area contributed by atoms with Gasteiger partial charge < -0.3 is 16.2 Å². The molecule has 1 heterocycles. The van der Waals surface area contributed by atoms with Crippen molar-refractivity contribution in [2.45, 2.75) is 33.2 Å². The van der Waals surface area contributed by atoms with E-state index in [0.717, 1.165) is 22.1 Å². The van der Waals surface area contributed by atoms with Crippen LogP contribution >= 0.6 is 0 Å². The summed E-state index contributed by atoms with van der Waals surface area (Å²) in [6, 6.07) is 6.04. The van der Waals surface area contributed by atoms with Crippen LogP contribution in [-0.2, 0) is 0 Å². The molecule has 0 aliphatic carbocycles. The zero-order chi connectivity index (χ0) is 14.8. The van der Waals surface area contributed by atoms with E-state index in [4.69, 9.17) is 5.73 Å². The summed E-state index contributed by atoms with van der Waals surface area (Å²) >= 11 is 0. The molecule has 0 saturated heterocycles. The van der Waals surface area contributed by atoms with Crippen molar-refractivity contribution < 1.29 is 5.11 Å². The van der Waals surface area contributed by atoms with Crippen LogP contribution in [0.25, 0.3) is 10.8 Å². The van der Waals surface area contributed by atoms with Gasteiger partial charge in [0.25, 0.3) is 0 Å². The predicted molar refractivity (Wildman–Crippen MR) is 84.7 cm³/mol. The third kappa shape index (κ3) is 3.02. The summed E-state index contributed by atoms with van der Waals surface area (Å²) in [6.45, 7) is 6.67. The average Bonchev–Trinajstić information content (AvgIpc) is 2.40. The van der Waals surface area contributed by atoms with Crippen LogP contribution in [0, 0.1) is 5.41 Å². The number of hydrogen-bond acceptors (Lipinski definition) is 4. The lowest BCUT2D eigenvalue weighted by molar-refractivity contribution is 0.235. The van der Waals surface area contributed by atoms with Crippen molar-refractivity contribution in [2.24, 2.45) is 5.41 Å². The van der Waals surface area contributed by atoms with Crippen LogP contribution in [0.2, 0.25) is 0 Å². The first-order valence-electron chi connectivity index (χ1n) is 6.93. The summed E-state index contributed by atoms with van der Waals surface area (Å²) in [7, 11) is 0. The van der Waals surface area contributed by atoms with Crippen LogP contribution in [-0.4, -0.2) is 22.7 Å². The zero-order valence-corrected chi connectivity index (χ0v) is 12.4. The van der Waals surface area contributed by atoms with Crippen molar-refractivity contribution in [2.75, 3.05) is 17.7 Å². The third-order valence-corrected chi connectivity index (χ3v) is 3.64. The Morgan fingerprint density at radius 3 is 2.65 bits per heavy atom. The first-order valence-corrected chi connectivity index (χ1v) is 6.93. The molecule has 0 amide bonds. The minimum atomic E-state index is 0.0590. The Hall–Kier alpha value is -1.81. The number of nitrogens with zero attached hydrogens (tertiary/aromatic N) is 1. The highest BCUT2D eigenvalue weighted by Gasteiger charge is 2.24. The number of nitrogens with one attached hydrogen (secondary N) is 1. The van der Waals surface area contributed by atoms with E-state index < -0.39 is 0 Å². The van der Waals surface area contributed by atoms with Crippen molar-refractivity contribution in [1.29, 1.82) is 0 Å². The summed E-state index contributed by atoms with van der Waals surface area (Å²) < 4.78 is 0. The average molecular weight is 273 g/mol. The first kappa shape index (κ1) is 14.6. The SMILES string of the molecule is CC(C)(C)C(CCO)Nc1ccc(N)c2cnccc12. The maximum atomic E-state index is 9.27. The normalized spacial score (nSPS) is 13.4. The molecule has 108 valence electrons. The van der Waals surface area contributed by atoms with Gasteiger partial charge in [0.1, 0.15) is 0 Å². The molecule has 4 nitrogen and oxygen atoms in total. The fraction of sp³-hybridized carbons (Fsp3) is 0.438. The number of aliphatic hydroxyl groups excluding tert-OH is 1. The largest absolute Gasteiger partial charge is 0.398 e. The number of anilines is 2. The second kappa shape index (κ2) is 5.67. The van der Waals surface area contributed by atoms with Gasteiger partial charge in [-0.25, -0.2) is 0 Å². The Balaban J connectivity index is 2.40. The molecule has 0 radical (unpaired) electrons. The third-order valence-electron chi connectivity index (χ3n) is 3.64. The Kier molecular flexibility index (Phi) is 4.14. The molecule has 0 bridgehead atoms. The van der Waals surface area contributed by atoms with E-state index in [0.29, 0.717) is 6.42 Å². The van der Waals surface area contributed by atoms with Gasteiger partial charge in [-0.2, -0.15) is 0 Å². The Labute approximate surface area is 120 Å². The zero-order valence-electron chi connectivity index (χ0n) is 12.4. The van der Waals surface area contributed by atoms with Crippen LogP contribution in [0.3, 0.4) is 0 Å². The van der Waals surface area contributed by atoms with Gasteiger partial charge in [-0.1, -0.05) is 20.8 Å². The van der Waals surface area contributed by atoms with Gasteiger partial charge in [-0.05, 0) is 30.0 Å². The van der Waals surface area contributed by atoms with Crippen LogP contribution in [0.5, 0.6) is 0 Å². The number of rotatable bonds is 4. The van der Waals surface area contributed by atoms with Crippen molar-refractivity contribution in [1.82, 2.24) is 4.98 Å². The summed E-state index contributed by atoms with van der Waals surface area (Å²) in [4.78, 5) is 4.13. The van der Waals surface area contributed by atoms with Gasteiger partial charge in [0.2, 0.25) is 0 Å².